The third kappa shape index (κ3) is 7.60. The lowest BCUT2D eigenvalue weighted by molar-refractivity contribution is -0.144. The Hall–Kier alpha value is -2.06. The zero-order valence-corrected chi connectivity index (χ0v) is 16.5. The quantitative estimate of drug-likeness (QED) is 0.495. The van der Waals surface area contributed by atoms with Gasteiger partial charge in [-0.15, -0.1) is 11.8 Å². The first kappa shape index (κ1) is 21.2. The topological polar surface area (TPSA) is 55.4 Å². The average molecular weight is 411 g/mol. The van der Waals surface area contributed by atoms with Gasteiger partial charge < -0.3 is 10.1 Å². The van der Waals surface area contributed by atoms with Crippen LogP contribution in [0.25, 0.3) is 0 Å². The minimum Gasteiger partial charge on any atom is -0.455 e. The molecule has 0 spiro atoms. The van der Waals surface area contributed by atoms with Crippen LogP contribution in [0.15, 0.2) is 52.3 Å². The van der Waals surface area contributed by atoms with Gasteiger partial charge in [0.2, 0.25) is 0 Å². The zero-order valence-electron chi connectivity index (χ0n) is 14.8. The van der Waals surface area contributed by atoms with Gasteiger partial charge in [0.25, 0.3) is 11.7 Å². The van der Waals surface area contributed by atoms with E-state index in [1.54, 1.807) is 0 Å². The maximum absolute atomic E-state index is 12.3. The molecule has 0 unspecified atom stereocenters. The Morgan fingerprint density at radius 3 is 2.48 bits per heavy atom. The third-order valence-electron chi connectivity index (χ3n) is 3.42. The number of carbonyl (C=O) groups is 2. The van der Waals surface area contributed by atoms with Gasteiger partial charge in [0, 0.05) is 15.5 Å². The number of benzene rings is 2. The van der Waals surface area contributed by atoms with Gasteiger partial charge in [0.05, 0.1) is 5.75 Å². The molecule has 1 amide bonds. The molecule has 4 nitrogen and oxygen atoms in total. The first-order chi connectivity index (χ1) is 12.8. The Morgan fingerprint density at radius 2 is 1.81 bits per heavy atom. The highest BCUT2D eigenvalue weighted by molar-refractivity contribution is 8.00. The highest BCUT2D eigenvalue weighted by atomic mass is 32.2. The first-order valence-corrected chi connectivity index (χ1v) is 9.90. The molecule has 0 saturated carbocycles. The molecule has 0 radical (unpaired) electrons. The number of alkyl halides is 2. The molecule has 0 aliphatic rings. The molecule has 1 N–H and O–H groups in total. The number of anilines is 1. The predicted molar refractivity (Wildman–Crippen MR) is 105 cm³/mol. The van der Waals surface area contributed by atoms with Crippen LogP contribution in [0.2, 0.25) is 0 Å². The van der Waals surface area contributed by atoms with Crippen molar-refractivity contribution in [3.8, 4) is 0 Å². The number of esters is 1. The molecule has 0 fully saturated rings. The molecule has 8 heteroatoms. The van der Waals surface area contributed by atoms with Gasteiger partial charge in [0.15, 0.2) is 6.61 Å². The van der Waals surface area contributed by atoms with Gasteiger partial charge >= 0.3 is 5.97 Å². The van der Waals surface area contributed by atoms with E-state index in [0.29, 0.717) is 22.3 Å². The predicted octanol–water partition coefficient (Wildman–Crippen LogP) is 4.89. The standard InChI is InChI=1S/C19H19F2NO3S2/c1-12-3-4-13(2)16(9-12)26-11-18(24)25-10-17(23)22-14-5-7-15(8-6-14)27-19(20)21/h3-9,19H,10-11H2,1-2H3,(H,22,23). The van der Waals surface area contributed by atoms with Crippen molar-refractivity contribution in [2.75, 3.05) is 17.7 Å². The molecule has 0 aliphatic carbocycles. The maximum Gasteiger partial charge on any atom is 0.316 e. The van der Waals surface area contributed by atoms with E-state index in [-0.39, 0.29) is 5.75 Å². The lowest BCUT2D eigenvalue weighted by Crippen LogP contribution is -2.21. The minimum absolute atomic E-state index is 0.108. The Labute approximate surface area is 165 Å². The molecule has 0 bridgehead atoms. The number of ether oxygens (including phenoxy) is 1. The Morgan fingerprint density at radius 1 is 1.11 bits per heavy atom. The molecule has 2 aromatic rings. The number of halogens is 2. The van der Waals surface area contributed by atoms with E-state index in [9.17, 15) is 18.4 Å². The monoisotopic (exact) mass is 411 g/mol. The molecule has 2 aromatic carbocycles. The maximum atomic E-state index is 12.3. The number of carbonyl (C=O) groups excluding carboxylic acids is 2. The first-order valence-electron chi connectivity index (χ1n) is 8.04. The van der Waals surface area contributed by atoms with Crippen molar-refractivity contribution >= 4 is 41.1 Å². The van der Waals surface area contributed by atoms with Crippen molar-refractivity contribution in [1.29, 1.82) is 0 Å². The zero-order chi connectivity index (χ0) is 19.8. The smallest absolute Gasteiger partial charge is 0.316 e. The third-order valence-corrected chi connectivity index (χ3v) is 5.27. The molecule has 0 aromatic heterocycles. The van der Waals surface area contributed by atoms with Crippen LogP contribution in [-0.4, -0.2) is 30.0 Å². The van der Waals surface area contributed by atoms with Crippen LogP contribution in [0.3, 0.4) is 0 Å². The second-order valence-corrected chi connectivity index (χ2v) is 7.75. The molecule has 0 heterocycles. The van der Waals surface area contributed by atoms with Gasteiger partial charge in [-0.1, -0.05) is 29.5 Å². The SMILES string of the molecule is Cc1ccc(C)c(SCC(=O)OCC(=O)Nc2ccc(SC(F)F)cc2)c1. The van der Waals surface area contributed by atoms with Crippen molar-refractivity contribution in [2.24, 2.45) is 0 Å². The van der Waals surface area contributed by atoms with E-state index in [1.807, 2.05) is 32.0 Å². The van der Waals surface area contributed by atoms with Crippen LogP contribution < -0.4 is 5.32 Å². The summed E-state index contributed by atoms with van der Waals surface area (Å²) in [6.07, 6.45) is 0. The summed E-state index contributed by atoms with van der Waals surface area (Å²) in [5.74, 6) is -3.36. The average Bonchev–Trinajstić information content (AvgIpc) is 2.62. The second kappa shape index (κ2) is 10.3. The van der Waals surface area contributed by atoms with Crippen LogP contribution in [0, 0.1) is 13.8 Å². The lowest BCUT2D eigenvalue weighted by atomic mass is 10.2. The summed E-state index contributed by atoms with van der Waals surface area (Å²) >= 11 is 1.79. The molecule has 0 saturated heterocycles. The molecule has 144 valence electrons. The number of hydrogen-bond donors (Lipinski definition) is 1. The van der Waals surface area contributed by atoms with E-state index in [1.165, 1.54) is 36.0 Å². The number of hydrogen-bond acceptors (Lipinski definition) is 5. The van der Waals surface area contributed by atoms with Gasteiger partial charge in [-0.25, -0.2) is 0 Å². The van der Waals surface area contributed by atoms with Crippen LogP contribution in [0.5, 0.6) is 0 Å². The van der Waals surface area contributed by atoms with Crippen molar-refractivity contribution in [3.63, 3.8) is 0 Å². The number of nitrogens with one attached hydrogen (secondary N) is 1. The van der Waals surface area contributed by atoms with Crippen molar-refractivity contribution in [3.05, 3.63) is 53.6 Å². The fraction of sp³-hybridized carbons (Fsp3) is 0.263. The summed E-state index contributed by atoms with van der Waals surface area (Å²) in [6, 6.07) is 12.0. The Kier molecular flexibility index (Phi) is 8.12. The highest BCUT2D eigenvalue weighted by Gasteiger charge is 2.10. The molecule has 2 rings (SSSR count). The summed E-state index contributed by atoms with van der Waals surface area (Å²) in [7, 11) is 0. The molecule has 0 atom stereocenters. The van der Waals surface area contributed by atoms with Gasteiger partial charge in [-0.3, -0.25) is 9.59 Å². The summed E-state index contributed by atoms with van der Waals surface area (Å²) in [6.45, 7) is 3.54. The number of rotatable bonds is 8. The van der Waals surface area contributed by atoms with Gasteiger partial charge in [-0.05, 0) is 49.7 Å². The Balaban J connectivity index is 1.74. The van der Waals surface area contributed by atoms with Crippen LogP contribution in [0.1, 0.15) is 11.1 Å². The van der Waals surface area contributed by atoms with Crippen LogP contribution >= 0.6 is 23.5 Å². The van der Waals surface area contributed by atoms with E-state index >= 15 is 0 Å². The van der Waals surface area contributed by atoms with E-state index in [0.717, 1.165) is 16.0 Å². The van der Waals surface area contributed by atoms with Crippen LogP contribution in [0.4, 0.5) is 14.5 Å². The number of aryl methyl sites for hydroxylation is 2. The van der Waals surface area contributed by atoms with Crippen molar-refractivity contribution in [1.82, 2.24) is 0 Å². The highest BCUT2D eigenvalue weighted by Crippen LogP contribution is 2.26. The van der Waals surface area contributed by atoms with Crippen molar-refractivity contribution < 1.29 is 23.1 Å². The van der Waals surface area contributed by atoms with E-state index in [4.69, 9.17) is 4.74 Å². The molecular weight excluding hydrogens is 392 g/mol. The largest absolute Gasteiger partial charge is 0.455 e. The lowest BCUT2D eigenvalue weighted by Gasteiger charge is -2.08. The molecule has 27 heavy (non-hydrogen) atoms. The fourth-order valence-corrected chi connectivity index (χ4v) is 3.52. The minimum atomic E-state index is -2.49. The summed E-state index contributed by atoms with van der Waals surface area (Å²) in [4.78, 5) is 25.1. The number of amides is 1. The van der Waals surface area contributed by atoms with E-state index in [2.05, 4.69) is 5.32 Å². The van der Waals surface area contributed by atoms with Gasteiger partial charge in [-0.2, -0.15) is 8.78 Å². The normalized spacial score (nSPS) is 10.7. The summed E-state index contributed by atoms with van der Waals surface area (Å²) < 4.78 is 29.5. The second-order valence-electron chi connectivity index (χ2n) is 5.67. The van der Waals surface area contributed by atoms with Gasteiger partial charge in [0.1, 0.15) is 0 Å². The fourth-order valence-electron chi connectivity index (χ4n) is 2.10. The molecular formula is C19H19F2NO3S2. The summed E-state index contributed by atoms with van der Waals surface area (Å²) in [5.41, 5.74) is 2.62. The van der Waals surface area contributed by atoms with Crippen LogP contribution in [-0.2, 0) is 14.3 Å². The molecule has 0 aliphatic heterocycles. The van der Waals surface area contributed by atoms with Crippen molar-refractivity contribution in [2.45, 2.75) is 29.4 Å². The summed E-state index contributed by atoms with van der Waals surface area (Å²) in [5, 5.41) is 2.55. The Bertz CT molecular complexity index is 798. The van der Waals surface area contributed by atoms with E-state index < -0.39 is 24.2 Å². The number of thioether (sulfide) groups is 2.